The maximum absolute atomic E-state index is 14.5. The number of aromatic nitrogens is 2. The second-order valence-electron chi connectivity index (χ2n) is 16.7. The molecule has 10 amide bonds. The fourth-order valence-electron chi connectivity index (χ4n) is 7.22. The van der Waals surface area contributed by atoms with Crippen LogP contribution in [0, 0.1) is 0 Å². The number of rotatable bonds is 32. The molecule has 8 atom stereocenters. The molecular formula is C40H65N19O12S2. The molecule has 1 aromatic rings. The van der Waals surface area contributed by atoms with Crippen molar-refractivity contribution < 1.29 is 57.8 Å². The number of primary amides is 2. The van der Waals surface area contributed by atoms with Crippen LogP contribution < -0.4 is 77.4 Å². The number of imidazole rings is 1. The first-order chi connectivity index (χ1) is 34.6. The molecule has 31 nitrogen and oxygen atoms in total. The Morgan fingerprint density at radius 3 is 1.92 bits per heavy atom. The number of H-pyrrole nitrogens is 1. The number of carboxylic acid groups (broad SMARTS) is 1. The number of nitrogens with two attached hydrogens (primary N) is 7. The number of carbonyl (C=O) groups excluding carboxylic acids is 10. The Hall–Kier alpha value is -7.42. The minimum absolute atomic E-state index is 0.00781. The largest absolute Gasteiger partial charge is 0.480 e. The number of aliphatic imine (C=N–C) groups is 2. The van der Waals surface area contributed by atoms with Crippen molar-refractivity contribution in [2.75, 3.05) is 37.7 Å². The van der Waals surface area contributed by atoms with Crippen LogP contribution in [0.4, 0.5) is 0 Å². The zero-order valence-corrected chi connectivity index (χ0v) is 41.3. The van der Waals surface area contributed by atoms with Gasteiger partial charge in [-0.2, -0.15) is 0 Å². The van der Waals surface area contributed by atoms with E-state index >= 15 is 0 Å². The molecule has 0 unspecified atom stereocenters. The molecule has 2 aliphatic heterocycles. The van der Waals surface area contributed by atoms with Gasteiger partial charge in [-0.15, -0.1) is 0 Å². The SMILES string of the molecule is NC(=O)CNC(=O)[C@H](CCCN=C(N)N)NC(=O)[C@@H]1CCCN1C(=O)[C@H](CSSC[C@H](NC(=O)[C@H](Cc1cnc[nH]1)NC(=O)[C@@H](N)CCCN=C(N)N)C(=O)O)NC(=O)[C@H](CC(N)=O)NC(=O)[C@@H]1CCC(=O)N1. The van der Waals surface area contributed by atoms with Crippen molar-refractivity contribution in [1.82, 2.24) is 52.1 Å². The summed E-state index contributed by atoms with van der Waals surface area (Å²) in [5.41, 5.74) is 38.5. The van der Waals surface area contributed by atoms with E-state index in [-0.39, 0.29) is 94.4 Å². The Balaban J connectivity index is 1.83. The van der Waals surface area contributed by atoms with Crippen LogP contribution in [-0.2, 0) is 59.2 Å². The van der Waals surface area contributed by atoms with Gasteiger partial charge >= 0.3 is 5.97 Å². The molecule has 23 N–H and O–H groups in total. The van der Waals surface area contributed by atoms with Gasteiger partial charge in [0, 0.05) is 55.9 Å². The minimum Gasteiger partial charge on any atom is -0.480 e. The summed E-state index contributed by atoms with van der Waals surface area (Å²) in [6, 6.07) is -10.7. The fourth-order valence-corrected chi connectivity index (χ4v) is 9.53. The van der Waals surface area contributed by atoms with Crippen LogP contribution in [-0.4, -0.2) is 183 Å². The van der Waals surface area contributed by atoms with Gasteiger partial charge in [-0.3, -0.25) is 57.9 Å². The van der Waals surface area contributed by atoms with E-state index in [0.717, 1.165) is 26.5 Å². The van der Waals surface area contributed by atoms with Crippen LogP contribution in [0.1, 0.15) is 63.5 Å². The van der Waals surface area contributed by atoms with Gasteiger partial charge in [-0.1, -0.05) is 21.6 Å². The lowest BCUT2D eigenvalue weighted by Crippen LogP contribution is -2.59. The number of aliphatic carboxylic acids is 1. The predicted molar refractivity (Wildman–Crippen MR) is 264 cm³/mol. The van der Waals surface area contributed by atoms with Crippen molar-refractivity contribution in [3.05, 3.63) is 18.2 Å². The van der Waals surface area contributed by atoms with Crippen molar-refractivity contribution in [3.63, 3.8) is 0 Å². The molecule has 2 fully saturated rings. The standard InChI is InChI=1S/C40H65N19O12S2/c41-20(4-1-9-49-39(44)45)31(63)55-23(12-19-14-48-18-52-19)34(66)58-26(38(70)71)17-73-72-16-25(57-35(67)24(13-28(42)60)56-33(65)22-7-8-30(62)53-22)37(69)59-11-3-6-27(59)36(68)54-21(5-2-10-50-40(46)47)32(64)51-15-29(43)61/h14,18,20-27H,1-13,15-17,41H2,(H2,42,60)(H2,43,61)(H,48,52)(H,51,64)(H,53,62)(H,54,68)(H,55,63)(H,56,65)(H,57,67)(H,58,66)(H,70,71)(H4,44,45,49)(H4,46,47,50)/t20-,21-,22-,23-,24-,25-,26-,27-/m0/s1. The number of nitrogens with one attached hydrogen (secondary N) is 8. The molecule has 0 spiro atoms. The van der Waals surface area contributed by atoms with E-state index in [1.165, 1.54) is 12.5 Å². The molecule has 3 rings (SSSR count). The highest BCUT2D eigenvalue weighted by molar-refractivity contribution is 8.76. The second-order valence-corrected chi connectivity index (χ2v) is 19.3. The summed E-state index contributed by atoms with van der Waals surface area (Å²) in [6.45, 7) is -0.280. The third-order valence-corrected chi connectivity index (χ3v) is 13.3. The summed E-state index contributed by atoms with van der Waals surface area (Å²) in [5, 5.41) is 27.4. The highest BCUT2D eigenvalue weighted by Crippen LogP contribution is 2.26. The van der Waals surface area contributed by atoms with Crippen molar-refractivity contribution >= 4 is 98.5 Å². The first-order valence-electron chi connectivity index (χ1n) is 22.8. The first-order valence-corrected chi connectivity index (χ1v) is 25.3. The van der Waals surface area contributed by atoms with Crippen LogP contribution in [0.3, 0.4) is 0 Å². The van der Waals surface area contributed by atoms with Crippen molar-refractivity contribution in [2.45, 2.75) is 113 Å². The third kappa shape index (κ3) is 21.5. The van der Waals surface area contributed by atoms with Gasteiger partial charge in [0.25, 0.3) is 0 Å². The average Bonchev–Trinajstić information content (AvgIpc) is 4.13. The van der Waals surface area contributed by atoms with Gasteiger partial charge in [-0.25, -0.2) is 9.78 Å². The minimum atomic E-state index is -1.65. The molecule has 33 heteroatoms. The molecule has 1 aromatic heterocycles. The van der Waals surface area contributed by atoms with E-state index in [1.54, 1.807) is 0 Å². The summed E-state index contributed by atoms with van der Waals surface area (Å²) in [7, 11) is 1.74. The Morgan fingerprint density at radius 1 is 0.740 bits per heavy atom. The van der Waals surface area contributed by atoms with Crippen LogP contribution in [0.15, 0.2) is 22.5 Å². The van der Waals surface area contributed by atoms with Crippen molar-refractivity contribution in [1.29, 1.82) is 0 Å². The molecule has 404 valence electrons. The quantitative estimate of drug-likeness (QED) is 0.0138. The van der Waals surface area contributed by atoms with Gasteiger partial charge in [0.1, 0.15) is 42.3 Å². The first kappa shape index (κ1) is 59.9. The van der Waals surface area contributed by atoms with E-state index in [9.17, 15) is 57.8 Å². The van der Waals surface area contributed by atoms with E-state index < -0.39 is 126 Å². The average molecular weight is 1070 g/mol. The van der Waals surface area contributed by atoms with Gasteiger partial charge in [0.05, 0.1) is 25.3 Å². The molecule has 0 bridgehead atoms. The maximum atomic E-state index is 14.5. The van der Waals surface area contributed by atoms with Gasteiger partial charge in [0.15, 0.2) is 11.9 Å². The second kappa shape index (κ2) is 30.5. The highest BCUT2D eigenvalue weighted by Gasteiger charge is 2.40. The Kier molecular flexibility index (Phi) is 25.0. The van der Waals surface area contributed by atoms with Crippen LogP contribution >= 0.6 is 21.6 Å². The number of carboxylic acids is 1. The molecule has 0 radical (unpaired) electrons. The number of amides is 10. The lowest BCUT2D eigenvalue weighted by atomic mass is 10.1. The summed E-state index contributed by atoms with van der Waals surface area (Å²) < 4.78 is 0. The van der Waals surface area contributed by atoms with Gasteiger partial charge in [0.2, 0.25) is 59.1 Å². The molecule has 0 aliphatic carbocycles. The predicted octanol–water partition coefficient (Wildman–Crippen LogP) is -7.98. The summed E-state index contributed by atoms with van der Waals surface area (Å²) in [4.78, 5) is 159. The molecule has 73 heavy (non-hydrogen) atoms. The normalized spacial score (nSPS) is 17.4. The monoisotopic (exact) mass is 1070 g/mol. The van der Waals surface area contributed by atoms with Crippen molar-refractivity contribution in [2.24, 2.45) is 50.1 Å². The fraction of sp³-hybridized carbons (Fsp3) is 0.600. The van der Waals surface area contributed by atoms with E-state index in [1.807, 2.05) is 0 Å². The van der Waals surface area contributed by atoms with E-state index in [2.05, 4.69) is 57.2 Å². The number of aromatic amines is 1. The Bertz CT molecular complexity index is 2190. The molecule has 2 aliphatic rings. The summed E-state index contributed by atoms with van der Waals surface area (Å²) in [6.07, 6.45) is 3.06. The smallest absolute Gasteiger partial charge is 0.327 e. The molecule has 2 saturated heterocycles. The highest BCUT2D eigenvalue weighted by atomic mass is 33.1. The van der Waals surface area contributed by atoms with Crippen molar-refractivity contribution in [3.8, 4) is 0 Å². The third-order valence-electron chi connectivity index (χ3n) is 10.9. The number of likely N-dealkylation sites (tertiary alicyclic amines) is 1. The lowest BCUT2D eigenvalue weighted by Gasteiger charge is -2.30. The topological polar surface area (TPSA) is 531 Å². The zero-order valence-electron chi connectivity index (χ0n) is 39.7. The molecule has 0 aromatic carbocycles. The number of hydrogen-bond donors (Lipinski definition) is 16. The molecular weight excluding hydrogens is 1000 g/mol. The molecule has 0 saturated carbocycles. The summed E-state index contributed by atoms with van der Waals surface area (Å²) in [5.74, 6) is -10.6. The lowest BCUT2D eigenvalue weighted by molar-refractivity contribution is -0.142. The Morgan fingerprint density at radius 2 is 1.34 bits per heavy atom. The van der Waals surface area contributed by atoms with Crippen LogP contribution in [0.5, 0.6) is 0 Å². The number of hydrogen-bond acceptors (Lipinski definition) is 17. The van der Waals surface area contributed by atoms with Gasteiger partial charge < -0.3 is 92.3 Å². The summed E-state index contributed by atoms with van der Waals surface area (Å²) >= 11 is 0. The number of nitrogens with zero attached hydrogens (tertiary/aromatic N) is 4. The Labute approximate surface area is 425 Å². The number of guanidine groups is 2. The zero-order chi connectivity index (χ0) is 54.2. The number of carbonyl (C=O) groups is 11. The molecule has 3 heterocycles. The van der Waals surface area contributed by atoms with Gasteiger partial charge in [-0.05, 0) is 44.9 Å². The van der Waals surface area contributed by atoms with Crippen LogP contribution in [0.25, 0.3) is 0 Å². The van der Waals surface area contributed by atoms with E-state index in [4.69, 9.17) is 40.1 Å². The maximum Gasteiger partial charge on any atom is 0.327 e. The van der Waals surface area contributed by atoms with E-state index in [0.29, 0.717) is 12.1 Å². The van der Waals surface area contributed by atoms with Crippen LogP contribution in [0.2, 0.25) is 0 Å².